The third kappa shape index (κ3) is 5.49. The van der Waals surface area contributed by atoms with E-state index in [0.29, 0.717) is 30.7 Å². The van der Waals surface area contributed by atoms with E-state index in [9.17, 15) is 36.3 Å². The summed E-state index contributed by atoms with van der Waals surface area (Å²) >= 11 is 0. The molecule has 1 aliphatic carbocycles. The van der Waals surface area contributed by atoms with Crippen LogP contribution in [0.25, 0.3) is 0 Å². The Labute approximate surface area is 221 Å². The zero-order valence-electron chi connectivity index (χ0n) is 21.0. The predicted molar refractivity (Wildman–Crippen MR) is 131 cm³/mol. The van der Waals surface area contributed by atoms with E-state index in [4.69, 9.17) is 0 Å². The number of likely N-dealkylation sites (tertiary alicyclic amines) is 1. The van der Waals surface area contributed by atoms with E-state index in [-0.39, 0.29) is 29.9 Å². The van der Waals surface area contributed by atoms with E-state index in [1.165, 1.54) is 12.1 Å². The first kappa shape index (κ1) is 27.1. The maximum atomic E-state index is 14.5. The Morgan fingerprint density at radius 2 is 1.87 bits per heavy atom. The van der Waals surface area contributed by atoms with Crippen molar-refractivity contribution in [3.63, 3.8) is 0 Å². The molecule has 2 heterocycles. The first-order valence-electron chi connectivity index (χ1n) is 13.0. The van der Waals surface area contributed by atoms with Crippen molar-refractivity contribution in [2.75, 3.05) is 19.6 Å². The van der Waals surface area contributed by atoms with Crippen LogP contribution in [-0.4, -0.2) is 54.5 Å². The molecule has 6 nitrogen and oxygen atoms in total. The van der Waals surface area contributed by atoms with Crippen molar-refractivity contribution in [3.05, 3.63) is 70.3 Å². The minimum Gasteiger partial charge on any atom is -0.356 e. The Hall–Kier alpha value is -3.50. The quantitative estimate of drug-likeness (QED) is 0.566. The number of alkyl halides is 3. The number of hydrogen-bond donors (Lipinski definition) is 2. The number of benzene rings is 2. The normalized spacial score (nSPS) is 25.3. The van der Waals surface area contributed by atoms with Crippen LogP contribution in [0, 0.1) is 17.0 Å². The van der Waals surface area contributed by atoms with Crippen molar-refractivity contribution in [3.8, 4) is 0 Å². The molecule has 5 rings (SSSR count). The van der Waals surface area contributed by atoms with Gasteiger partial charge in [-0.1, -0.05) is 18.2 Å². The second kappa shape index (κ2) is 10.2. The molecule has 208 valence electrons. The van der Waals surface area contributed by atoms with Crippen LogP contribution in [0.2, 0.25) is 0 Å². The zero-order chi connectivity index (χ0) is 27.9. The minimum absolute atomic E-state index is 0.0396. The molecule has 0 aromatic heterocycles. The summed E-state index contributed by atoms with van der Waals surface area (Å²) in [6.07, 6.45) is -2.10. The number of carbonyl (C=O) groups is 3. The molecule has 1 spiro atoms. The topological polar surface area (TPSA) is 78.5 Å². The van der Waals surface area contributed by atoms with E-state index < -0.39 is 60.1 Å². The smallest absolute Gasteiger partial charge is 0.356 e. The molecule has 2 aliphatic heterocycles. The van der Waals surface area contributed by atoms with E-state index in [2.05, 4.69) is 10.6 Å². The summed E-state index contributed by atoms with van der Waals surface area (Å²) in [5.41, 5.74) is 1.61. The summed E-state index contributed by atoms with van der Waals surface area (Å²) in [6.45, 7) is -1.39. The first-order valence-corrected chi connectivity index (χ1v) is 13.0. The molecule has 2 N–H and O–H groups in total. The van der Waals surface area contributed by atoms with Crippen LogP contribution in [0.5, 0.6) is 0 Å². The van der Waals surface area contributed by atoms with Crippen LogP contribution in [0.4, 0.5) is 22.0 Å². The Kier molecular flexibility index (Phi) is 7.11. The van der Waals surface area contributed by atoms with E-state index in [0.717, 1.165) is 23.6 Å². The Bertz CT molecular complexity index is 1310. The lowest BCUT2D eigenvalue weighted by Crippen LogP contribution is -2.50. The molecule has 3 aliphatic rings. The largest absolute Gasteiger partial charge is 0.406 e. The number of nitrogens with one attached hydrogen (secondary N) is 2. The highest BCUT2D eigenvalue weighted by Crippen LogP contribution is 2.41. The third-order valence-corrected chi connectivity index (χ3v) is 8.19. The second-order valence-corrected chi connectivity index (χ2v) is 10.7. The van der Waals surface area contributed by atoms with Crippen LogP contribution >= 0.6 is 0 Å². The van der Waals surface area contributed by atoms with Gasteiger partial charge in [-0.05, 0) is 73.4 Å². The number of fused-ring (bicyclic) bond motifs is 1. The molecule has 0 radical (unpaired) electrons. The fourth-order valence-corrected chi connectivity index (χ4v) is 6.11. The van der Waals surface area contributed by atoms with Gasteiger partial charge in [-0.25, -0.2) is 8.78 Å². The molecule has 2 saturated heterocycles. The lowest BCUT2D eigenvalue weighted by Gasteiger charge is -2.32. The molecule has 11 heteroatoms. The first-order chi connectivity index (χ1) is 18.5. The van der Waals surface area contributed by atoms with Gasteiger partial charge in [-0.2, -0.15) is 13.2 Å². The van der Waals surface area contributed by atoms with Crippen molar-refractivity contribution >= 4 is 17.7 Å². The summed E-state index contributed by atoms with van der Waals surface area (Å²) in [5.74, 6) is -4.65. The Balaban J connectivity index is 1.34. The van der Waals surface area contributed by atoms with Crippen LogP contribution in [0.15, 0.2) is 36.4 Å². The number of halogens is 5. The van der Waals surface area contributed by atoms with E-state index in [1.807, 2.05) is 0 Å². The fourth-order valence-electron chi connectivity index (χ4n) is 6.11. The van der Waals surface area contributed by atoms with Crippen LogP contribution in [0.3, 0.4) is 0 Å². The van der Waals surface area contributed by atoms with Gasteiger partial charge in [0.05, 0.1) is 5.41 Å². The van der Waals surface area contributed by atoms with Gasteiger partial charge < -0.3 is 15.5 Å². The fraction of sp³-hybridized carbons (Fsp3) is 0.464. The predicted octanol–water partition coefficient (Wildman–Crippen LogP) is 4.03. The molecule has 2 aromatic rings. The molecule has 0 bridgehead atoms. The highest BCUT2D eigenvalue weighted by molar-refractivity contribution is 5.98. The van der Waals surface area contributed by atoms with Gasteiger partial charge in [-0.15, -0.1) is 0 Å². The number of nitrogens with zero attached hydrogens (tertiary/aromatic N) is 1. The molecular formula is C28H28F5N3O3. The zero-order valence-corrected chi connectivity index (χ0v) is 21.0. The monoisotopic (exact) mass is 549 g/mol. The number of hydrogen-bond acceptors (Lipinski definition) is 3. The van der Waals surface area contributed by atoms with Gasteiger partial charge in [0, 0.05) is 24.6 Å². The van der Waals surface area contributed by atoms with Crippen molar-refractivity contribution < 1.29 is 36.3 Å². The molecule has 3 amide bonds. The van der Waals surface area contributed by atoms with Gasteiger partial charge in [0.1, 0.15) is 12.6 Å². The molecule has 39 heavy (non-hydrogen) atoms. The molecule has 2 fully saturated rings. The molecule has 0 saturated carbocycles. The van der Waals surface area contributed by atoms with Gasteiger partial charge in [0.15, 0.2) is 11.6 Å². The lowest BCUT2D eigenvalue weighted by molar-refractivity contribution is -0.162. The van der Waals surface area contributed by atoms with Crippen LogP contribution < -0.4 is 10.6 Å². The number of amides is 3. The van der Waals surface area contributed by atoms with E-state index in [1.54, 1.807) is 18.2 Å². The maximum Gasteiger partial charge on any atom is 0.406 e. The summed E-state index contributed by atoms with van der Waals surface area (Å²) in [6, 6.07) is 7.28. The van der Waals surface area contributed by atoms with Crippen molar-refractivity contribution in [2.45, 2.75) is 56.7 Å². The number of carbonyl (C=O) groups excluding carboxylic acids is 3. The number of rotatable bonds is 4. The van der Waals surface area contributed by atoms with Gasteiger partial charge in [0.2, 0.25) is 11.8 Å². The standard InChI is InChI=1S/C28H28F5N3O3/c29-21-3-1-2-20(23(21)30)19-6-7-22(25(38)36(14-19)15-28(31,32)33)35-24(37)17-4-5-18-13-27(9-8-16(18)12-17)10-11-34-26(27)39/h1-5,12,19,22H,6-11,13-15H2,(H,34,39)(H,35,37)/t19-,22-,27?/m1/s1. The molecular weight excluding hydrogens is 521 g/mol. The van der Waals surface area contributed by atoms with Gasteiger partial charge in [0.25, 0.3) is 5.91 Å². The van der Waals surface area contributed by atoms with Gasteiger partial charge >= 0.3 is 6.18 Å². The average molecular weight is 550 g/mol. The van der Waals surface area contributed by atoms with Crippen LogP contribution in [0.1, 0.15) is 58.6 Å². The highest BCUT2D eigenvalue weighted by Gasteiger charge is 2.44. The van der Waals surface area contributed by atoms with Crippen molar-refractivity contribution in [1.29, 1.82) is 0 Å². The van der Waals surface area contributed by atoms with Crippen molar-refractivity contribution in [1.82, 2.24) is 15.5 Å². The second-order valence-electron chi connectivity index (χ2n) is 10.7. The lowest BCUT2D eigenvalue weighted by atomic mass is 9.70. The Morgan fingerprint density at radius 3 is 2.59 bits per heavy atom. The molecule has 2 aromatic carbocycles. The molecule has 1 unspecified atom stereocenters. The third-order valence-electron chi connectivity index (χ3n) is 8.19. The summed E-state index contributed by atoms with van der Waals surface area (Å²) in [5, 5.41) is 5.46. The summed E-state index contributed by atoms with van der Waals surface area (Å²) in [4.78, 5) is 39.2. The van der Waals surface area contributed by atoms with Crippen molar-refractivity contribution in [2.24, 2.45) is 5.41 Å². The van der Waals surface area contributed by atoms with Crippen LogP contribution in [-0.2, 0) is 22.4 Å². The number of aryl methyl sites for hydroxylation is 1. The maximum absolute atomic E-state index is 14.5. The van der Waals surface area contributed by atoms with E-state index >= 15 is 0 Å². The highest BCUT2D eigenvalue weighted by atomic mass is 19.4. The average Bonchev–Trinajstić information content (AvgIpc) is 3.16. The summed E-state index contributed by atoms with van der Waals surface area (Å²) < 4.78 is 68.3. The minimum atomic E-state index is -4.72. The SMILES string of the molecule is O=C(N[C@@H]1CC[C@@H](c2cccc(F)c2F)CN(CC(F)(F)F)C1=O)c1ccc2c(c1)CCC1(CCNC1=O)C2. The molecule has 3 atom stereocenters. The Morgan fingerprint density at radius 1 is 1.08 bits per heavy atom. The summed E-state index contributed by atoms with van der Waals surface area (Å²) in [7, 11) is 0. The van der Waals surface area contributed by atoms with Gasteiger partial charge in [-0.3, -0.25) is 14.4 Å².